The molecule has 1 aliphatic rings. The van der Waals surface area contributed by atoms with Crippen molar-refractivity contribution in [2.24, 2.45) is 0 Å². The van der Waals surface area contributed by atoms with E-state index in [-0.39, 0.29) is 0 Å². The highest BCUT2D eigenvalue weighted by Crippen LogP contribution is 2.41. The lowest BCUT2D eigenvalue weighted by Gasteiger charge is -2.33. The van der Waals surface area contributed by atoms with E-state index in [1.165, 1.54) is 43.2 Å². The van der Waals surface area contributed by atoms with E-state index < -0.39 is 5.60 Å². The standard InChI is InChI=1S/C17H26O/c1-3-4-7-13-17(2,18)16-12-6-5-11-15(16)14-9-8-10-14/h5-6,11-12,14,18H,3-4,7-10,13H2,1-2H3. The smallest absolute Gasteiger partial charge is 0.0871 e. The molecule has 0 aromatic heterocycles. The first-order chi connectivity index (χ1) is 8.65. The number of benzene rings is 1. The topological polar surface area (TPSA) is 20.2 Å². The lowest BCUT2D eigenvalue weighted by atomic mass is 9.74. The first-order valence-electron chi connectivity index (χ1n) is 7.47. The molecule has 0 saturated heterocycles. The van der Waals surface area contributed by atoms with Gasteiger partial charge in [0.25, 0.3) is 0 Å². The van der Waals surface area contributed by atoms with Crippen LogP contribution in [0.25, 0.3) is 0 Å². The van der Waals surface area contributed by atoms with Gasteiger partial charge in [-0.1, -0.05) is 56.9 Å². The van der Waals surface area contributed by atoms with E-state index >= 15 is 0 Å². The van der Waals surface area contributed by atoms with Crippen molar-refractivity contribution < 1.29 is 5.11 Å². The molecule has 1 saturated carbocycles. The lowest BCUT2D eigenvalue weighted by molar-refractivity contribution is 0.0432. The van der Waals surface area contributed by atoms with E-state index in [1.807, 2.05) is 6.92 Å². The van der Waals surface area contributed by atoms with Gasteiger partial charge in [0.2, 0.25) is 0 Å². The summed E-state index contributed by atoms with van der Waals surface area (Å²) in [5, 5.41) is 10.8. The molecule has 1 fully saturated rings. The number of unbranched alkanes of at least 4 members (excludes halogenated alkanes) is 2. The molecule has 0 radical (unpaired) electrons. The molecule has 1 N–H and O–H groups in total. The largest absolute Gasteiger partial charge is 0.385 e. The third kappa shape index (κ3) is 2.95. The predicted octanol–water partition coefficient (Wildman–Crippen LogP) is 4.74. The van der Waals surface area contributed by atoms with Crippen molar-refractivity contribution in [2.45, 2.75) is 70.3 Å². The predicted molar refractivity (Wildman–Crippen MR) is 76.7 cm³/mol. The number of hydrogen-bond acceptors (Lipinski definition) is 1. The summed E-state index contributed by atoms with van der Waals surface area (Å²) in [5.41, 5.74) is 1.91. The summed E-state index contributed by atoms with van der Waals surface area (Å²) in [6.45, 7) is 4.19. The summed E-state index contributed by atoms with van der Waals surface area (Å²) in [7, 11) is 0. The maximum atomic E-state index is 10.8. The minimum absolute atomic E-state index is 0.651. The normalized spacial score (nSPS) is 19.3. The lowest BCUT2D eigenvalue weighted by Crippen LogP contribution is -2.25. The van der Waals surface area contributed by atoms with Gasteiger partial charge in [-0.3, -0.25) is 0 Å². The average molecular weight is 246 g/mol. The summed E-state index contributed by atoms with van der Waals surface area (Å²) in [4.78, 5) is 0. The SMILES string of the molecule is CCCCCC(C)(O)c1ccccc1C1CCC1. The van der Waals surface area contributed by atoms with Gasteiger partial charge < -0.3 is 5.11 Å². The van der Waals surface area contributed by atoms with Gasteiger partial charge in [-0.05, 0) is 43.2 Å². The molecule has 18 heavy (non-hydrogen) atoms. The van der Waals surface area contributed by atoms with Crippen molar-refractivity contribution in [2.75, 3.05) is 0 Å². The molecule has 0 aliphatic heterocycles. The van der Waals surface area contributed by atoms with Crippen molar-refractivity contribution in [3.8, 4) is 0 Å². The fourth-order valence-electron chi connectivity index (χ4n) is 2.92. The van der Waals surface area contributed by atoms with Crippen molar-refractivity contribution >= 4 is 0 Å². The molecule has 1 aromatic rings. The fourth-order valence-corrected chi connectivity index (χ4v) is 2.92. The second-order valence-electron chi connectivity index (χ2n) is 5.95. The van der Waals surface area contributed by atoms with Gasteiger partial charge >= 0.3 is 0 Å². The van der Waals surface area contributed by atoms with Crippen LogP contribution >= 0.6 is 0 Å². The molecule has 2 rings (SSSR count). The molecule has 0 spiro atoms. The third-order valence-corrected chi connectivity index (χ3v) is 4.35. The molecule has 1 heteroatoms. The molecule has 1 aliphatic carbocycles. The quantitative estimate of drug-likeness (QED) is 0.719. The van der Waals surface area contributed by atoms with Gasteiger partial charge in [-0.25, -0.2) is 0 Å². The van der Waals surface area contributed by atoms with Crippen LogP contribution in [0.2, 0.25) is 0 Å². The monoisotopic (exact) mass is 246 g/mol. The van der Waals surface area contributed by atoms with Crippen LogP contribution in [0.5, 0.6) is 0 Å². The number of aliphatic hydroxyl groups is 1. The van der Waals surface area contributed by atoms with E-state index in [1.54, 1.807) is 0 Å². The molecule has 0 heterocycles. The molecular weight excluding hydrogens is 220 g/mol. The van der Waals surface area contributed by atoms with Crippen LogP contribution in [0.4, 0.5) is 0 Å². The van der Waals surface area contributed by atoms with Crippen molar-refractivity contribution in [3.63, 3.8) is 0 Å². The Labute approximate surface area is 111 Å². The molecule has 1 aromatic carbocycles. The van der Waals surface area contributed by atoms with Gasteiger partial charge in [-0.15, -0.1) is 0 Å². The Morgan fingerprint density at radius 3 is 2.56 bits per heavy atom. The summed E-state index contributed by atoms with van der Waals surface area (Å²) >= 11 is 0. The molecule has 0 amide bonds. The minimum atomic E-state index is -0.651. The first kappa shape index (κ1) is 13.6. The molecule has 1 atom stereocenters. The van der Waals surface area contributed by atoms with Gasteiger partial charge in [-0.2, -0.15) is 0 Å². The van der Waals surface area contributed by atoms with Crippen LogP contribution in [-0.4, -0.2) is 5.11 Å². The maximum Gasteiger partial charge on any atom is 0.0871 e. The first-order valence-corrected chi connectivity index (χ1v) is 7.47. The summed E-state index contributed by atoms with van der Waals surface area (Å²) in [6, 6.07) is 8.51. The molecule has 0 bridgehead atoms. The highest BCUT2D eigenvalue weighted by Gasteiger charge is 2.29. The molecule has 1 nitrogen and oxygen atoms in total. The molecular formula is C17H26O. The summed E-state index contributed by atoms with van der Waals surface area (Å²) in [6.07, 6.45) is 8.34. The number of hydrogen-bond donors (Lipinski definition) is 1. The van der Waals surface area contributed by atoms with E-state index in [0.717, 1.165) is 12.8 Å². The van der Waals surface area contributed by atoms with Crippen LogP contribution in [-0.2, 0) is 5.60 Å². The zero-order chi connectivity index (χ0) is 13.0. The Hall–Kier alpha value is -0.820. The average Bonchev–Trinajstić information content (AvgIpc) is 2.27. The van der Waals surface area contributed by atoms with E-state index in [2.05, 4.69) is 31.2 Å². The van der Waals surface area contributed by atoms with Gasteiger partial charge in [0, 0.05) is 0 Å². The fraction of sp³-hybridized carbons (Fsp3) is 0.647. The third-order valence-electron chi connectivity index (χ3n) is 4.35. The van der Waals surface area contributed by atoms with Crippen molar-refractivity contribution in [3.05, 3.63) is 35.4 Å². The van der Waals surface area contributed by atoms with Gasteiger partial charge in [0.05, 0.1) is 5.60 Å². The minimum Gasteiger partial charge on any atom is -0.385 e. The Morgan fingerprint density at radius 2 is 1.94 bits per heavy atom. The zero-order valence-corrected chi connectivity index (χ0v) is 11.8. The molecule has 1 unspecified atom stereocenters. The second-order valence-corrected chi connectivity index (χ2v) is 5.95. The Morgan fingerprint density at radius 1 is 1.22 bits per heavy atom. The van der Waals surface area contributed by atoms with Gasteiger partial charge in [0.15, 0.2) is 0 Å². The Bertz CT molecular complexity index is 377. The Balaban J connectivity index is 2.14. The van der Waals surface area contributed by atoms with Crippen LogP contribution in [0.15, 0.2) is 24.3 Å². The summed E-state index contributed by atoms with van der Waals surface area (Å²) in [5.74, 6) is 0.693. The van der Waals surface area contributed by atoms with Crippen LogP contribution in [0.3, 0.4) is 0 Å². The van der Waals surface area contributed by atoms with E-state index in [4.69, 9.17) is 0 Å². The van der Waals surface area contributed by atoms with Gasteiger partial charge in [0.1, 0.15) is 0 Å². The maximum absolute atomic E-state index is 10.8. The highest BCUT2D eigenvalue weighted by molar-refractivity contribution is 5.35. The van der Waals surface area contributed by atoms with Crippen LogP contribution in [0.1, 0.15) is 75.8 Å². The summed E-state index contributed by atoms with van der Waals surface area (Å²) < 4.78 is 0. The van der Waals surface area contributed by atoms with E-state index in [0.29, 0.717) is 5.92 Å². The van der Waals surface area contributed by atoms with Crippen LogP contribution in [0, 0.1) is 0 Å². The Kier molecular flexibility index (Phi) is 4.45. The zero-order valence-electron chi connectivity index (χ0n) is 11.8. The van der Waals surface area contributed by atoms with Crippen molar-refractivity contribution in [1.29, 1.82) is 0 Å². The number of rotatable bonds is 6. The van der Waals surface area contributed by atoms with Crippen molar-refractivity contribution in [1.82, 2.24) is 0 Å². The van der Waals surface area contributed by atoms with E-state index in [9.17, 15) is 5.11 Å². The second kappa shape index (κ2) is 5.88. The van der Waals surface area contributed by atoms with Crippen LogP contribution < -0.4 is 0 Å². The molecule has 100 valence electrons. The highest BCUT2D eigenvalue weighted by atomic mass is 16.3.